The van der Waals surface area contributed by atoms with Crippen LogP contribution >= 0.6 is 0 Å². The molecule has 1 aromatic carbocycles. The first-order valence-corrected chi connectivity index (χ1v) is 5.85. The summed E-state index contributed by atoms with van der Waals surface area (Å²) in [4.78, 5) is 11.0. The number of ether oxygens (including phenoxy) is 5. The summed E-state index contributed by atoms with van der Waals surface area (Å²) >= 11 is 0. The average molecular weight is 268 g/mol. The third-order valence-corrected chi connectivity index (χ3v) is 2.71. The van der Waals surface area contributed by atoms with Gasteiger partial charge in [-0.3, -0.25) is 0 Å². The fourth-order valence-electron chi connectivity index (χ4n) is 1.52. The lowest BCUT2D eigenvalue weighted by Crippen LogP contribution is -2.23. The predicted molar refractivity (Wildman–Crippen MR) is 65.3 cm³/mol. The minimum Gasteiger partial charge on any atom is -0.497 e. The van der Waals surface area contributed by atoms with E-state index in [1.165, 1.54) is 7.11 Å². The van der Waals surface area contributed by atoms with Gasteiger partial charge in [0.1, 0.15) is 18.1 Å². The van der Waals surface area contributed by atoms with E-state index in [-0.39, 0.29) is 0 Å². The SMILES string of the molecule is COC(=O)OC1(CCOc2ccc(OC)cc2)CO1. The molecule has 0 amide bonds. The highest BCUT2D eigenvalue weighted by Crippen LogP contribution is 2.33. The van der Waals surface area contributed by atoms with Crippen molar-refractivity contribution < 1.29 is 28.5 Å². The van der Waals surface area contributed by atoms with E-state index in [1.807, 2.05) is 12.1 Å². The Bertz CT molecular complexity index is 423. The maximum Gasteiger partial charge on any atom is 0.510 e. The molecule has 0 bridgehead atoms. The van der Waals surface area contributed by atoms with Gasteiger partial charge in [0.15, 0.2) is 0 Å². The standard InChI is InChI=1S/C13H16O6/c1-15-10-3-5-11(6-4-10)17-8-7-13(9-18-13)19-12(14)16-2/h3-6H,7-9H2,1-2H3. The fraction of sp³-hybridized carbons (Fsp3) is 0.462. The third-order valence-electron chi connectivity index (χ3n) is 2.71. The lowest BCUT2D eigenvalue weighted by Gasteiger charge is -2.13. The van der Waals surface area contributed by atoms with E-state index in [2.05, 4.69) is 4.74 Å². The molecule has 0 aliphatic carbocycles. The predicted octanol–water partition coefficient (Wildman–Crippen LogP) is 1.97. The Labute approximate surface area is 111 Å². The quantitative estimate of drug-likeness (QED) is 0.580. The van der Waals surface area contributed by atoms with Crippen molar-refractivity contribution in [1.29, 1.82) is 0 Å². The van der Waals surface area contributed by atoms with Gasteiger partial charge >= 0.3 is 6.16 Å². The van der Waals surface area contributed by atoms with Crippen molar-refractivity contribution in [3.8, 4) is 11.5 Å². The van der Waals surface area contributed by atoms with Gasteiger partial charge in [-0.1, -0.05) is 0 Å². The summed E-state index contributed by atoms with van der Waals surface area (Å²) in [5.41, 5.74) is 0. The van der Waals surface area contributed by atoms with Crippen LogP contribution in [0.2, 0.25) is 0 Å². The van der Waals surface area contributed by atoms with Gasteiger partial charge in [-0.25, -0.2) is 4.79 Å². The van der Waals surface area contributed by atoms with Gasteiger partial charge < -0.3 is 23.7 Å². The number of rotatable bonds is 6. The topological polar surface area (TPSA) is 66.5 Å². The summed E-state index contributed by atoms with van der Waals surface area (Å²) in [6, 6.07) is 7.23. The molecule has 1 aromatic rings. The Balaban J connectivity index is 1.75. The van der Waals surface area contributed by atoms with E-state index < -0.39 is 11.9 Å². The number of benzene rings is 1. The molecular weight excluding hydrogens is 252 g/mol. The van der Waals surface area contributed by atoms with Crippen LogP contribution in [0.5, 0.6) is 11.5 Å². The van der Waals surface area contributed by atoms with E-state index >= 15 is 0 Å². The van der Waals surface area contributed by atoms with Crippen LogP contribution in [0.4, 0.5) is 4.79 Å². The monoisotopic (exact) mass is 268 g/mol. The van der Waals surface area contributed by atoms with Gasteiger partial charge in [-0.05, 0) is 24.3 Å². The lowest BCUT2D eigenvalue weighted by atomic mass is 10.3. The Morgan fingerprint density at radius 1 is 1.26 bits per heavy atom. The Kier molecular flexibility index (Phi) is 4.11. The Morgan fingerprint density at radius 3 is 2.42 bits per heavy atom. The average Bonchev–Trinajstić information content (AvgIpc) is 3.19. The van der Waals surface area contributed by atoms with Crippen molar-refractivity contribution in [2.75, 3.05) is 27.4 Å². The zero-order valence-corrected chi connectivity index (χ0v) is 10.9. The van der Waals surface area contributed by atoms with Crippen LogP contribution in [0.15, 0.2) is 24.3 Å². The van der Waals surface area contributed by atoms with Crippen LogP contribution < -0.4 is 9.47 Å². The van der Waals surface area contributed by atoms with Crippen LogP contribution in [-0.4, -0.2) is 39.4 Å². The van der Waals surface area contributed by atoms with Gasteiger partial charge in [-0.15, -0.1) is 0 Å². The molecule has 6 heteroatoms. The van der Waals surface area contributed by atoms with Gasteiger partial charge in [0, 0.05) is 6.42 Å². The molecule has 19 heavy (non-hydrogen) atoms. The van der Waals surface area contributed by atoms with Gasteiger partial charge in [0.05, 0.1) is 20.8 Å². The second kappa shape index (κ2) is 5.79. The van der Waals surface area contributed by atoms with Crippen LogP contribution in [0.25, 0.3) is 0 Å². The molecule has 104 valence electrons. The molecular formula is C13H16O6. The highest BCUT2D eigenvalue weighted by molar-refractivity contribution is 5.60. The molecule has 0 radical (unpaired) electrons. The smallest absolute Gasteiger partial charge is 0.497 e. The number of carbonyl (C=O) groups excluding carboxylic acids is 1. The molecule has 0 N–H and O–H groups in total. The number of hydrogen-bond acceptors (Lipinski definition) is 6. The Morgan fingerprint density at radius 2 is 1.89 bits per heavy atom. The van der Waals surface area contributed by atoms with E-state index in [1.54, 1.807) is 19.2 Å². The first kappa shape index (κ1) is 13.5. The summed E-state index contributed by atoms with van der Waals surface area (Å²) in [5, 5.41) is 0. The van der Waals surface area contributed by atoms with E-state index in [9.17, 15) is 4.79 Å². The van der Waals surface area contributed by atoms with Crippen LogP contribution in [0.3, 0.4) is 0 Å². The highest BCUT2D eigenvalue weighted by atomic mass is 16.8. The van der Waals surface area contributed by atoms with Gasteiger partial charge in [0.2, 0.25) is 5.79 Å². The van der Waals surface area contributed by atoms with Crippen molar-refractivity contribution in [3.05, 3.63) is 24.3 Å². The van der Waals surface area contributed by atoms with Gasteiger partial charge in [-0.2, -0.15) is 0 Å². The summed E-state index contributed by atoms with van der Waals surface area (Å²) in [6.45, 7) is 0.747. The molecule has 6 nitrogen and oxygen atoms in total. The summed E-state index contributed by atoms with van der Waals surface area (Å²) in [6.07, 6.45) is -0.296. The van der Waals surface area contributed by atoms with Crippen molar-refractivity contribution in [2.45, 2.75) is 12.2 Å². The maximum absolute atomic E-state index is 11.0. The van der Waals surface area contributed by atoms with E-state index in [4.69, 9.17) is 18.9 Å². The zero-order chi connectivity index (χ0) is 13.7. The largest absolute Gasteiger partial charge is 0.510 e. The second-order valence-electron chi connectivity index (χ2n) is 4.03. The second-order valence-corrected chi connectivity index (χ2v) is 4.03. The van der Waals surface area contributed by atoms with Crippen LogP contribution in [0, 0.1) is 0 Å². The zero-order valence-electron chi connectivity index (χ0n) is 10.9. The van der Waals surface area contributed by atoms with Crippen LogP contribution in [0.1, 0.15) is 6.42 Å². The highest BCUT2D eigenvalue weighted by Gasteiger charge is 2.49. The first-order chi connectivity index (χ1) is 9.17. The fourth-order valence-corrected chi connectivity index (χ4v) is 1.52. The molecule has 1 aliphatic rings. The molecule has 1 aliphatic heterocycles. The van der Waals surface area contributed by atoms with Crippen LogP contribution in [-0.2, 0) is 14.2 Å². The van der Waals surface area contributed by atoms with Gasteiger partial charge in [0.25, 0.3) is 0 Å². The molecule has 1 atom stereocenters. The number of hydrogen-bond donors (Lipinski definition) is 0. The molecule has 0 spiro atoms. The lowest BCUT2D eigenvalue weighted by molar-refractivity contribution is -0.0365. The minimum absolute atomic E-state index is 0.369. The Hall–Kier alpha value is -1.95. The molecule has 1 saturated heterocycles. The molecule has 2 rings (SSSR count). The molecule has 1 fully saturated rings. The third kappa shape index (κ3) is 3.75. The molecule has 1 unspecified atom stereocenters. The number of epoxide rings is 1. The van der Waals surface area contributed by atoms with E-state index in [0.29, 0.717) is 19.6 Å². The summed E-state index contributed by atoms with van der Waals surface area (Å²) in [5.74, 6) is 0.609. The molecule has 1 heterocycles. The van der Waals surface area contributed by atoms with E-state index in [0.717, 1.165) is 11.5 Å². The molecule has 0 aromatic heterocycles. The number of methoxy groups -OCH3 is 2. The maximum atomic E-state index is 11.0. The number of carbonyl (C=O) groups is 1. The summed E-state index contributed by atoms with van der Waals surface area (Å²) in [7, 11) is 2.86. The van der Waals surface area contributed by atoms with Crippen molar-refractivity contribution in [2.24, 2.45) is 0 Å². The minimum atomic E-state index is -0.875. The van der Waals surface area contributed by atoms with Crippen molar-refractivity contribution in [3.63, 3.8) is 0 Å². The summed E-state index contributed by atoms with van der Waals surface area (Å²) < 4.78 is 25.1. The molecule has 0 saturated carbocycles. The first-order valence-electron chi connectivity index (χ1n) is 5.85. The van der Waals surface area contributed by atoms with Crippen molar-refractivity contribution in [1.82, 2.24) is 0 Å². The normalized spacial score (nSPS) is 20.5. The van der Waals surface area contributed by atoms with Crippen molar-refractivity contribution >= 4 is 6.16 Å².